The first-order chi connectivity index (χ1) is 5.54. The molecular formula is C6H2F3NS2. The molecule has 1 aromatic heterocycles. The molecule has 1 aromatic rings. The first kappa shape index (κ1) is 9.38. The third kappa shape index (κ3) is 2.14. The minimum Gasteiger partial charge on any atom is -0.184 e. The van der Waals surface area contributed by atoms with Crippen LogP contribution < -0.4 is 0 Å². The summed E-state index contributed by atoms with van der Waals surface area (Å²) in [5.41, 5.74) is -0.698. The van der Waals surface area contributed by atoms with Crippen LogP contribution in [0.3, 0.4) is 0 Å². The van der Waals surface area contributed by atoms with E-state index < -0.39 is 11.7 Å². The van der Waals surface area contributed by atoms with Gasteiger partial charge in [0.05, 0.1) is 10.7 Å². The van der Waals surface area contributed by atoms with E-state index in [0.717, 1.165) is 22.8 Å². The first-order valence-electron chi connectivity index (χ1n) is 2.77. The Hall–Kier alpha value is -0.710. The number of hydrogen-bond acceptors (Lipinski definition) is 3. The molecule has 0 amide bonds. The van der Waals surface area contributed by atoms with Crippen molar-refractivity contribution in [3.8, 4) is 0 Å². The number of isothiocyanates is 1. The quantitative estimate of drug-likeness (QED) is 0.509. The van der Waals surface area contributed by atoms with Crippen LogP contribution in [-0.2, 0) is 6.18 Å². The Balaban J connectivity index is 2.99. The minimum absolute atomic E-state index is 0.220. The van der Waals surface area contributed by atoms with Crippen LogP contribution in [-0.4, -0.2) is 5.16 Å². The lowest BCUT2D eigenvalue weighted by atomic mass is 10.3. The Labute approximate surface area is 75.6 Å². The van der Waals surface area contributed by atoms with E-state index in [2.05, 4.69) is 17.2 Å². The van der Waals surface area contributed by atoms with E-state index in [0.29, 0.717) is 0 Å². The van der Waals surface area contributed by atoms with Gasteiger partial charge >= 0.3 is 6.18 Å². The van der Waals surface area contributed by atoms with Gasteiger partial charge in [-0.3, -0.25) is 0 Å². The van der Waals surface area contributed by atoms with Crippen molar-refractivity contribution in [2.45, 2.75) is 6.18 Å². The van der Waals surface area contributed by atoms with Crippen LogP contribution in [0.5, 0.6) is 0 Å². The van der Waals surface area contributed by atoms with E-state index in [9.17, 15) is 13.2 Å². The van der Waals surface area contributed by atoms with Gasteiger partial charge in [-0.2, -0.15) is 18.2 Å². The Bertz CT molecular complexity index is 322. The van der Waals surface area contributed by atoms with E-state index >= 15 is 0 Å². The lowest BCUT2D eigenvalue weighted by Gasteiger charge is -2.00. The molecule has 0 aromatic carbocycles. The van der Waals surface area contributed by atoms with Gasteiger partial charge in [0.25, 0.3) is 0 Å². The predicted molar refractivity (Wildman–Crippen MR) is 44.0 cm³/mol. The Morgan fingerprint density at radius 2 is 2.17 bits per heavy atom. The largest absolute Gasteiger partial charge is 0.417 e. The van der Waals surface area contributed by atoms with Gasteiger partial charge in [-0.1, -0.05) is 0 Å². The highest BCUT2D eigenvalue weighted by molar-refractivity contribution is 7.78. The van der Waals surface area contributed by atoms with Crippen molar-refractivity contribution in [1.82, 2.24) is 0 Å². The highest BCUT2D eigenvalue weighted by atomic mass is 32.1. The van der Waals surface area contributed by atoms with Crippen LogP contribution in [0.2, 0.25) is 0 Å². The average Bonchev–Trinajstić information content (AvgIpc) is 2.35. The molecule has 0 aliphatic heterocycles. The van der Waals surface area contributed by atoms with Crippen molar-refractivity contribution < 1.29 is 13.2 Å². The zero-order valence-electron chi connectivity index (χ0n) is 5.55. The summed E-state index contributed by atoms with van der Waals surface area (Å²) in [6.07, 6.45) is -4.30. The molecule has 0 radical (unpaired) electrons. The Morgan fingerprint density at radius 1 is 1.50 bits per heavy atom. The van der Waals surface area contributed by atoms with E-state index in [1.807, 2.05) is 5.16 Å². The molecule has 1 heterocycles. The summed E-state index contributed by atoms with van der Waals surface area (Å²) >= 11 is 5.13. The van der Waals surface area contributed by atoms with Gasteiger partial charge < -0.3 is 0 Å². The van der Waals surface area contributed by atoms with Crippen LogP contribution in [0.4, 0.5) is 18.2 Å². The van der Waals surface area contributed by atoms with Crippen molar-refractivity contribution in [3.05, 3.63) is 17.0 Å². The van der Waals surface area contributed by atoms with Crippen LogP contribution in [0, 0.1) is 0 Å². The van der Waals surface area contributed by atoms with Crippen molar-refractivity contribution >= 4 is 33.7 Å². The number of rotatable bonds is 1. The summed E-state index contributed by atoms with van der Waals surface area (Å²) in [5.74, 6) is 0. The number of thiocarbonyl (C=S) groups is 1. The topological polar surface area (TPSA) is 12.4 Å². The maximum atomic E-state index is 12.0. The van der Waals surface area contributed by atoms with Crippen molar-refractivity contribution in [1.29, 1.82) is 0 Å². The molecule has 0 N–H and O–H groups in total. The average molecular weight is 209 g/mol. The monoisotopic (exact) mass is 209 g/mol. The summed E-state index contributed by atoms with van der Waals surface area (Å²) in [6.45, 7) is 0. The summed E-state index contributed by atoms with van der Waals surface area (Å²) in [5, 5.41) is 3.21. The zero-order valence-corrected chi connectivity index (χ0v) is 7.19. The fourth-order valence-electron chi connectivity index (χ4n) is 0.577. The Morgan fingerprint density at radius 3 is 2.58 bits per heavy atom. The third-order valence-electron chi connectivity index (χ3n) is 1.07. The zero-order chi connectivity index (χ0) is 9.19. The number of alkyl halides is 3. The van der Waals surface area contributed by atoms with Gasteiger partial charge in [-0.05, 0) is 18.3 Å². The summed E-state index contributed by atoms with van der Waals surface area (Å²) < 4.78 is 35.9. The molecule has 1 rings (SSSR count). The predicted octanol–water partition coefficient (Wildman–Crippen LogP) is 3.50. The molecule has 0 fully saturated rings. The fraction of sp³-hybridized carbons (Fsp3) is 0.167. The van der Waals surface area contributed by atoms with E-state index in [1.54, 1.807) is 0 Å². The van der Waals surface area contributed by atoms with Gasteiger partial charge in [0, 0.05) is 5.38 Å². The summed E-state index contributed by atoms with van der Waals surface area (Å²) in [4.78, 5) is 3.42. The molecule has 64 valence electrons. The molecule has 0 atom stereocenters. The molecule has 0 unspecified atom stereocenters. The molecule has 0 bridgehead atoms. The van der Waals surface area contributed by atoms with Gasteiger partial charge in [-0.25, -0.2) is 0 Å². The number of aliphatic imine (C=N–C) groups is 1. The van der Waals surface area contributed by atoms with Crippen LogP contribution in [0.25, 0.3) is 0 Å². The van der Waals surface area contributed by atoms with E-state index in [1.165, 1.54) is 0 Å². The van der Waals surface area contributed by atoms with E-state index in [-0.39, 0.29) is 5.00 Å². The second-order valence-corrected chi connectivity index (χ2v) is 2.95. The van der Waals surface area contributed by atoms with Crippen molar-refractivity contribution in [2.24, 2.45) is 4.99 Å². The lowest BCUT2D eigenvalue weighted by Crippen LogP contribution is -2.01. The molecule has 0 spiro atoms. The standard InChI is InChI=1S/C6H2F3NS2/c7-6(8,9)4-1-5(10-3-11)12-2-4/h1-2H. The second kappa shape index (κ2) is 3.35. The molecule has 0 aliphatic carbocycles. The number of hydrogen-bond donors (Lipinski definition) is 0. The molecule has 0 saturated heterocycles. The van der Waals surface area contributed by atoms with Gasteiger partial charge in [0.1, 0.15) is 5.00 Å². The normalized spacial score (nSPS) is 10.9. The van der Waals surface area contributed by atoms with Crippen LogP contribution in [0.15, 0.2) is 16.4 Å². The lowest BCUT2D eigenvalue weighted by molar-refractivity contribution is -0.137. The first-order valence-corrected chi connectivity index (χ1v) is 4.06. The smallest absolute Gasteiger partial charge is 0.184 e. The Kier molecular flexibility index (Phi) is 2.62. The molecule has 12 heavy (non-hydrogen) atoms. The summed E-state index contributed by atoms with van der Waals surface area (Å²) in [6, 6.07) is 0.934. The number of nitrogens with zero attached hydrogens (tertiary/aromatic N) is 1. The molecule has 0 saturated carbocycles. The molecule has 0 aliphatic rings. The van der Waals surface area contributed by atoms with E-state index in [4.69, 9.17) is 0 Å². The van der Waals surface area contributed by atoms with Gasteiger partial charge in [-0.15, -0.1) is 11.3 Å². The van der Waals surface area contributed by atoms with Crippen LogP contribution in [0.1, 0.15) is 5.56 Å². The highest BCUT2D eigenvalue weighted by Crippen LogP contribution is 2.35. The SMILES string of the molecule is FC(F)(F)c1csc(N=C=S)c1. The van der Waals surface area contributed by atoms with Gasteiger partial charge in [0.2, 0.25) is 0 Å². The third-order valence-corrected chi connectivity index (χ3v) is 1.98. The number of thiophene rings is 1. The number of halogens is 3. The fourth-order valence-corrected chi connectivity index (χ4v) is 1.48. The summed E-state index contributed by atoms with van der Waals surface area (Å²) in [7, 11) is 0. The minimum atomic E-state index is -4.30. The van der Waals surface area contributed by atoms with Crippen molar-refractivity contribution in [2.75, 3.05) is 0 Å². The van der Waals surface area contributed by atoms with Crippen LogP contribution >= 0.6 is 23.6 Å². The molecule has 6 heteroatoms. The maximum Gasteiger partial charge on any atom is 0.417 e. The maximum absolute atomic E-state index is 12.0. The molecular weight excluding hydrogens is 207 g/mol. The second-order valence-electron chi connectivity index (χ2n) is 1.87. The van der Waals surface area contributed by atoms with Crippen molar-refractivity contribution in [3.63, 3.8) is 0 Å². The molecule has 1 nitrogen and oxygen atoms in total. The van der Waals surface area contributed by atoms with Gasteiger partial charge in [0.15, 0.2) is 0 Å². The highest BCUT2D eigenvalue weighted by Gasteiger charge is 2.31.